The Hall–Kier alpha value is -3.26. The number of amides is 1. The highest BCUT2D eigenvalue weighted by Gasteiger charge is 2.18. The Balaban J connectivity index is 1.62. The van der Waals surface area contributed by atoms with E-state index in [1.807, 2.05) is 49.4 Å². The van der Waals surface area contributed by atoms with E-state index in [-0.39, 0.29) is 22.8 Å². The number of ether oxygens (including phenoxy) is 1. The Morgan fingerprint density at radius 1 is 1.16 bits per heavy atom. The first-order chi connectivity index (χ1) is 15.6. The van der Waals surface area contributed by atoms with Gasteiger partial charge < -0.3 is 14.5 Å². The predicted octanol–water partition coefficient (Wildman–Crippen LogP) is 5.07. The summed E-state index contributed by atoms with van der Waals surface area (Å²) < 4.78 is 13.0. The lowest BCUT2D eigenvalue weighted by Gasteiger charge is -2.13. The molecule has 0 fully saturated rings. The smallest absolute Gasteiger partial charge is 0.297 e. The SMILES string of the molecule is CCCCn1c(SCC(=O)Nc2ccccc2OCC)nc2c(oc3ccccc32)c1=O. The number of carbonyl (C=O) groups excluding carboxylic acids is 1. The molecule has 4 rings (SSSR count). The first kappa shape index (κ1) is 22.0. The van der Waals surface area contributed by atoms with E-state index in [1.54, 1.807) is 10.6 Å². The molecule has 2 heterocycles. The monoisotopic (exact) mass is 451 g/mol. The Morgan fingerprint density at radius 2 is 1.94 bits per heavy atom. The third-order valence-electron chi connectivity index (χ3n) is 4.98. The van der Waals surface area contributed by atoms with Gasteiger partial charge in [-0.15, -0.1) is 0 Å². The molecule has 1 N–H and O–H groups in total. The summed E-state index contributed by atoms with van der Waals surface area (Å²) in [6, 6.07) is 14.8. The maximum absolute atomic E-state index is 13.2. The second-order valence-electron chi connectivity index (χ2n) is 7.25. The summed E-state index contributed by atoms with van der Waals surface area (Å²) >= 11 is 1.24. The van der Waals surface area contributed by atoms with Gasteiger partial charge in [-0.05, 0) is 37.6 Å². The van der Waals surface area contributed by atoms with Gasteiger partial charge >= 0.3 is 0 Å². The highest BCUT2D eigenvalue weighted by atomic mass is 32.2. The van der Waals surface area contributed by atoms with Crippen LogP contribution in [0.4, 0.5) is 5.69 Å². The number of nitrogens with one attached hydrogen (secondary N) is 1. The van der Waals surface area contributed by atoms with Crippen molar-refractivity contribution in [1.82, 2.24) is 9.55 Å². The van der Waals surface area contributed by atoms with Crippen molar-refractivity contribution in [3.63, 3.8) is 0 Å². The standard InChI is InChI=1S/C24H25N3O4S/c1-3-5-14-27-23(29)22-21(16-10-6-8-12-18(16)31-22)26-24(27)32-15-20(28)25-17-11-7-9-13-19(17)30-4-2/h6-13H,3-5,14-15H2,1-2H3,(H,25,28). The van der Waals surface area contributed by atoms with Crippen LogP contribution in [0.25, 0.3) is 22.1 Å². The number of hydrogen-bond donors (Lipinski definition) is 1. The molecule has 2 aromatic carbocycles. The Bertz CT molecular complexity index is 1310. The number of furan rings is 1. The highest BCUT2D eigenvalue weighted by molar-refractivity contribution is 7.99. The molecule has 0 atom stereocenters. The number of aromatic nitrogens is 2. The third-order valence-corrected chi connectivity index (χ3v) is 5.95. The molecule has 0 spiro atoms. The van der Waals surface area contributed by atoms with Crippen LogP contribution in [0, 0.1) is 0 Å². The van der Waals surface area contributed by atoms with E-state index in [9.17, 15) is 9.59 Å². The molecule has 2 aromatic heterocycles. The number of para-hydroxylation sites is 3. The van der Waals surface area contributed by atoms with Gasteiger partial charge in [-0.25, -0.2) is 4.98 Å². The van der Waals surface area contributed by atoms with Gasteiger partial charge in [0.15, 0.2) is 5.16 Å². The molecule has 0 unspecified atom stereocenters. The third kappa shape index (κ3) is 4.50. The Morgan fingerprint density at radius 3 is 2.75 bits per heavy atom. The van der Waals surface area contributed by atoms with Crippen molar-refractivity contribution < 1.29 is 13.9 Å². The fourth-order valence-electron chi connectivity index (χ4n) is 3.44. The molecule has 0 aliphatic heterocycles. The molecule has 4 aromatic rings. The molecule has 32 heavy (non-hydrogen) atoms. The molecule has 1 amide bonds. The lowest BCUT2D eigenvalue weighted by atomic mass is 10.2. The minimum absolute atomic E-state index is 0.111. The lowest BCUT2D eigenvalue weighted by molar-refractivity contribution is -0.113. The van der Waals surface area contributed by atoms with Gasteiger partial charge in [0.25, 0.3) is 5.56 Å². The van der Waals surface area contributed by atoms with Gasteiger partial charge in [-0.1, -0.05) is 49.4 Å². The van der Waals surface area contributed by atoms with Crippen LogP contribution < -0.4 is 15.6 Å². The molecule has 0 aliphatic carbocycles. The molecule has 0 radical (unpaired) electrons. The summed E-state index contributed by atoms with van der Waals surface area (Å²) in [6.45, 7) is 4.99. The van der Waals surface area contributed by atoms with Crippen LogP contribution in [0.15, 0.2) is 62.9 Å². The summed E-state index contributed by atoms with van der Waals surface area (Å²) in [5.41, 5.74) is 1.81. The second kappa shape index (κ2) is 9.91. The maximum Gasteiger partial charge on any atom is 0.297 e. The molecule has 0 saturated heterocycles. The largest absolute Gasteiger partial charge is 0.492 e. The quantitative estimate of drug-likeness (QED) is 0.282. The van der Waals surface area contributed by atoms with Crippen LogP contribution in [0.2, 0.25) is 0 Å². The van der Waals surface area contributed by atoms with E-state index in [0.717, 1.165) is 18.2 Å². The fraction of sp³-hybridized carbons (Fsp3) is 0.292. The van der Waals surface area contributed by atoms with Crippen LogP contribution in [0.5, 0.6) is 5.75 Å². The van der Waals surface area contributed by atoms with E-state index in [2.05, 4.69) is 12.2 Å². The second-order valence-corrected chi connectivity index (χ2v) is 8.19. The van der Waals surface area contributed by atoms with Crippen LogP contribution in [-0.2, 0) is 11.3 Å². The number of thioether (sulfide) groups is 1. The Labute approximate surface area is 189 Å². The van der Waals surface area contributed by atoms with Gasteiger partial charge in [0.1, 0.15) is 16.8 Å². The van der Waals surface area contributed by atoms with Crippen LogP contribution in [0.1, 0.15) is 26.7 Å². The zero-order valence-corrected chi connectivity index (χ0v) is 18.9. The van der Waals surface area contributed by atoms with Gasteiger partial charge in [0, 0.05) is 11.9 Å². The van der Waals surface area contributed by atoms with Crippen molar-refractivity contribution >= 4 is 45.4 Å². The number of hydrogen-bond acceptors (Lipinski definition) is 6. The molecular formula is C24H25N3O4S. The van der Waals surface area contributed by atoms with Crippen LogP contribution >= 0.6 is 11.8 Å². The fourth-order valence-corrected chi connectivity index (χ4v) is 4.26. The molecule has 8 heteroatoms. The average Bonchev–Trinajstić information content (AvgIpc) is 3.18. The first-order valence-corrected chi connectivity index (χ1v) is 11.7. The molecule has 166 valence electrons. The molecule has 0 aliphatic rings. The number of unbranched alkanes of at least 4 members (excludes halogenated alkanes) is 1. The Kier molecular flexibility index (Phi) is 6.80. The van der Waals surface area contributed by atoms with Crippen molar-refractivity contribution in [1.29, 1.82) is 0 Å². The van der Waals surface area contributed by atoms with Crippen molar-refractivity contribution in [2.24, 2.45) is 0 Å². The van der Waals surface area contributed by atoms with Gasteiger partial charge in [-0.3, -0.25) is 14.2 Å². The lowest BCUT2D eigenvalue weighted by Crippen LogP contribution is -2.24. The summed E-state index contributed by atoms with van der Waals surface area (Å²) in [4.78, 5) is 30.6. The predicted molar refractivity (Wildman–Crippen MR) is 128 cm³/mol. The van der Waals surface area contributed by atoms with Gasteiger partial charge in [0.05, 0.1) is 18.0 Å². The van der Waals surface area contributed by atoms with Gasteiger partial charge in [0.2, 0.25) is 11.5 Å². The summed E-state index contributed by atoms with van der Waals surface area (Å²) in [5, 5.41) is 4.19. The van der Waals surface area contributed by atoms with E-state index < -0.39 is 0 Å². The number of benzene rings is 2. The average molecular weight is 452 g/mol. The number of fused-ring (bicyclic) bond motifs is 3. The van der Waals surface area contributed by atoms with Gasteiger partial charge in [-0.2, -0.15) is 0 Å². The van der Waals surface area contributed by atoms with Crippen molar-refractivity contribution in [3.05, 3.63) is 58.9 Å². The zero-order chi connectivity index (χ0) is 22.5. The zero-order valence-electron chi connectivity index (χ0n) is 18.1. The number of anilines is 1. The van der Waals surface area contributed by atoms with Crippen molar-refractivity contribution in [2.45, 2.75) is 38.4 Å². The van der Waals surface area contributed by atoms with Crippen molar-refractivity contribution in [2.75, 3.05) is 17.7 Å². The topological polar surface area (TPSA) is 86.4 Å². The molecule has 0 bridgehead atoms. The molecular weight excluding hydrogens is 426 g/mol. The van der Waals surface area contributed by atoms with E-state index in [1.165, 1.54) is 11.8 Å². The maximum atomic E-state index is 13.2. The minimum Gasteiger partial charge on any atom is -0.492 e. The number of nitrogens with zero attached hydrogens (tertiary/aromatic N) is 2. The molecule has 0 saturated carbocycles. The van der Waals surface area contributed by atoms with E-state index >= 15 is 0 Å². The molecule has 7 nitrogen and oxygen atoms in total. The first-order valence-electron chi connectivity index (χ1n) is 10.7. The normalized spacial score (nSPS) is 11.2. The van der Waals surface area contributed by atoms with Crippen LogP contribution in [-0.4, -0.2) is 27.8 Å². The number of carbonyl (C=O) groups is 1. The summed E-state index contributed by atoms with van der Waals surface area (Å²) in [7, 11) is 0. The number of rotatable bonds is 9. The minimum atomic E-state index is -0.218. The van der Waals surface area contributed by atoms with Crippen molar-refractivity contribution in [3.8, 4) is 5.75 Å². The van der Waals surface area contributed by atoms with Crippen LogP contribution in [0.3, 0.4) is 0 Å². The summed E-state index contributed by atoms with van der Waals surface area (Å²) in [5.74, 6) is 0.536. The van der Waals surface area contributed by atoms with E-state index in [4.69, 9.17) is 14.1 Å². The van der Waals surface area contributed by atoms with E-state index in [0.29, 0.717) is 40.8 Å². The summed E-state index contributed by atoms with van der Waals surface area (Å²) in [6.07, 6.45) is 1.76. The highest BCUT2D eigenvalue weighted by Crippen LogP contribution is 2.28.